The van der Waals surface area contributed by atoms with Crippen LogP contribution in [0.1, 0.15) is 37.7 Å². The lowest BCUT2D eigenvalue weighted by Gasteiger charge is -2.12. The fourth-order valence-electron chi connectivity index (χ4n) is 1.67. The van der Waals surface area contributed by atoms with Crippen molar-refractivity contribution < 1.29 is 14.6 Å². The highest BCUT2D eigenvalue weighted by atomic mass is 16.5. The highest BCUT2D eigenvalue weighted by molar-refractivity contribution is 5.66. The standard InChI is InChI=1S/C13H18O3/c1-10(5-3-8-13(14)15)11-6-4-7-12(9-11)16-2/h4,6-7,9-10H,3,5,8H2,1-2H3,(H,14,15)/t10-/m1/s1. The number of hydrogen-bond donors (Lipinski definition) is 1. The van der Waals surface area contributed by atoms with Gasteiger partial charge in [-0.2, -0.15) is 0 Å². The number of methoxy groups -OCH3 is 1. The van der Waals surface area contributed by atoms with Crippen LogP contribution in [0, 0.1) is 0 Å². The van der Waals surface area contributed by atoms with Crippen molar-refractivity contribution >= 4 is 5.97 Å². The van der Waals surface area contributed by atoms with Crippen LogP contribution in [0.2, 0.25) is 0 Å². The van der Waals surface area contributed by atoms with Gasteiger partial charge in [0, 0.05) is 6.42 Å². The highest BCUT2D eigenvalue weighted by Gasteiger charge is 2.07. The molecule has 0 bridgehead atoms. The molecule has 0 aliphatic rings. The summed E-state index contributed by atoms with van der Waals surface area (Å²) >= 11 is 0. The van der Waals surface area contributed by atoms with Gasteiger partial charge in [0.1, 0.15) is 5.75 Å². The molecule has 0 radical (unpaired) electrons. The van der Waals surface area contributed by atoms with Gasteiger partial charge in [-0.1, -0.05) is 19.1 Å². The summed E-state index contributed by atoms with van der Waals surface area (Å²) in [5.41, 5.74) is 1.20. The zero-order valence-electron chi connectivity index (χ0n) is 9.77. The molecule has 0 saturated heterocycles. The molecule has 1 aromatic rings. The second-order valence-electron chi connectivity index (χ2n) is 3.96. The zero-order chi connectivity index (χ0) is 12.0. The van der Waals surface area contributed by atoms with Gasteiger partial charge in [0.05, 0.1) is 7.11 Å². The highest BCUT2D eigenvalue weighted by Crippen LogP contribution is 2.24. The smallest absolute Gasteiger partial charge is 0.303 e. The van der Waals surface area contributed by atoms with E-state index in [-0.39, 0.29) is 6.42 Å². The molecule has 3 heteroatoms. The van der Waals surface area contributed by atoms with Crippen LogP contribution in [0.15, 0.2) is 24.3 Å². The Morgan fingerprint density at radius 3 is 2.88 bits per heavy atom. The molecule has 0 unspecified atom stereocenters. The van der Waals surface area contributed by atoms with E-state index in [1.54, 1.807) is 7.11 Å². The van der Waals surface area contributed by atoms with Crippen molar-refractivity contribution in [3.8, 4) is 5.75 Å². The number of aliphatic carboxylic acids is 1. The van der Waals surface area contributed by atoms with Crippen LogP contribution in [-0.4, -0.2) is 18.2 Å². The molecule has 3 nitrogen and oxygen atoms in total. The topological polar surface area (TPSA) is 46.5 Å². The number of carbonyl (C=O) groups is 1. The fraction of sp³-hybridized carbons (Fsp3) is 0.462. The van der Waals surface area contributed by atoms with Crippen LogP contribution in [0.3, 0.4) is 0 Å². The molecule has 1 N–H and O–H groups in total. The van der Waals surface area contributed by atoms with Gasteiger partial charge in [-0.05, 0) is 36.5 Å². The largest absolute Gasteiger partial charge is 0.497 e. The van der Waals surface area contributed by atoms with Crippen LogP contribution in [-0.2, 0) is 4.79 Å². The van der Waals surface area contributed by atoms with Gasteiger partial charge in [0.25, 0.3) is 0 Å². The Hall–Kier alpha value is -1.51. The Morgan fingerprint density at radius 1 is 1.50 bits per heavy atom. The predicted molar refractivity (Wildman–Crippen MR) is 62.9 cm³/mol. The van der Waals surface area contributed by atoms with Crippen LogP contribution < -0.4 is 4.74 Å². The van der Waals surface area contributed by atoms with Gasteiger partial charge in [0.15, 0.2) is 0 Å². The zero-order valence-corrected chi connectivity index (χ0v) is 9.77. The molecule has 0 heterocycles. The molecule has 0 amide bonds. The first-order valence-corrected chi connectivity index (χ1v) is 5.49. The van der Waals surface area contributed by atoms with Crippen LogP contribution in [0.5, 0.6) is 5.75 Å². The number of hydrogen-bond acceptors (Lipinski definition) is 2. The first-order chi connectivity index (χ1) is 7.63. The normalized spacial score (nSPS) is 12.1. The van der Waals surface area contributed by atoms with E-state index in [9.17, 15) is 4.79 Å². The Bertz CT molecular complexity index is 347. The van der Waals surface area contributed by atoms with Crippen molar-refractivity contribution in [3.63, 3.8) is 0 Å². The summed E-state index contributed by atoms with van der Waals surface area (Å²) in [6.07, 6.45) is 1.85. The molecular formula is C13H18O3. The summed E-state index contributed by atoms with van der Waals surface area (Å²) < 4.78 is 5.15. The minimum absolute atomic E-state index is 0.244. The molecule has 1 aromatic carbocycles. The minimum atomic E-state index is -0.724. The molecule has 0 aromatic heterocycles. The summed E-state index contributed by atoms with van der Waals surface area (Å²) in [7, 11) is 1.65. The summed E-state index contributed by atoms with van der Waals surface area (Å²) in [4.78, 5) is 10.4. The Balaban J connectivity index is 2.51. The Kier molecular flexibility index (Phi) is 4.83. The monoisotopic (exact) mass is 222 g/mol. The van der Waals surface area contributed by atoms with E-state index in [2.05, 4.69) is 6.92 Å². The maximum Gasteiger partial charge on any atom is 0.303 e. The lowest BCUT2D eigenvalue weighted by atomic mass is 9.95. The number of carboxylic acids is 1. The third-order valence-electron chi connectivity index (χ3n) is 2.69. The van der Waals surface area contributed by atoms with Crippen molar-refractivity contribution in [1.29, 1.82) is 0 Å². The van der Waals surface area contributed by atoms with E-state index in [1.165, 1.54) is 5.56 Å². The van der Waals surface area contributed by atoms with Gasteiger partial charge in [-0.25, -0.2) is 0 Å². The van der Waals surface area contributed by atoms with Crippen LogP contribution in [0.4, 0.5) is 0 Å². The number of benzene rings is 1. The maximum absolute atomic E-state index is 10.4. The Labute approximate surface area is 96.1 Å². The number of ether oxygens (including phenoxy) is 1. The van der Waals surface area contributed by atoms with E-state index in [0.717, 1.165) is 12.2 Å². The Morgan fingerprint density at radius 2 is 2.25 bits per heavy atom. The van der Waals surface area contributed by atoms with E-state index in [1.807, 2.05) is 24.3 Å². The molecule has 16 heavy (non-hydrogen) atoms. The average molecular weight is 222 g/mol. The SMILES string of the molecule is COc1cccc([C@H](C)CCCC(=O)O)c1. The van der Waals surface area contributed by atoms with Crippen molar-refractivity contribution in [2.75, 3.05) is 7.11 Å². The predicted octanol–water partition coefficient (Wildman–Crippen LogP) is 3.05. The fourth-order valence-corrected chi connectivity index (χ4v) is 1.67. The van der Waals surface area contributed by atoms with Gasteiger partial charge in [-0.15, -0.1) is 0 Å². The van der Waals surface area contributed by atoms with Gasteiger partial charge >= 0.3 is 5.97 Å². The van der Waals surface area contributed by atoms with Crippen molar-refractivity contribution in [2.45, 2.75) is 32.1 Å². The molecule has 0 saturated carbocycles. The molecule has 88 valence electrons. The first kappa shape index (κ1) is 12.6. The molecule has 0 spiro atoms. The van der Waals surface area contributed by atoms with E-state index >= 15 is 0 Å². The third kappa shape index (κ3) is 3.93. The van der Waals surface area contributed by atoms with Crippen molar-refractivity contribution in [1.82, 2.24) is 0 Å². The number of rotatable bonds is 6. The number of carboxylic acid groups (broad SMARTS) is 1. The molecule has 0 aliphatic heterocycles. The van der Waals surface area contributed by atoms with Gasteiger partial charge in [-0.3, -0.25) is 4.79 Å². The van der Waals surface area contributed by atoms with Crippen LogP contribution >= 0.6 is 0 Å². The molecular weight excluding hydrogens is 204 g/mol. The minimum Gasteiger partial charge on any atom is -0.497 e. The summed E-state index contributed by atoms with van der Waals surface area (Å²) in [6.45, 7) is 2.11. The molecule has 1 atom stereocenters. The quantitative estimate of drug-likeness (QED) is 0.804. The average Bonchev–Trinajstić information content (AvgIpc) is 2.28. The summed E-state index contributed by atoms with van der Waals surface area (Å²) in [6, 6.07) is 7.93. The lowest BCUT2D eigenvalue weighted by molar-refractivity contribution is -0.137. The summed E-state index contributed by atoms with van der Waals surface area (Å²) in [5, 5.41) is 8.56. The van der Waals surface area contributed by atoms with E-state index < -0.39 is 5.97 Å². The van der Waals surface area contributed by atoms with Crippen molar-refractivity contribution in [2.24, 2.45) is 0 Å². The van der Waals surface area contributed by atoms with Crippen LogP contribution in [0.25, 0.3) is 0 Å². The second kappa shape index (κ2) is 6.16. The van der Waals surface area contributed by atoms with E-state index in [0.29, 0.717) is 12.3 Å². The first-order valence-electron chi connectivity index (χ1n) is 5.49. The van der Waals surface area contributed by atoms with Gasteiger partial charge in [0.2, 0.25) is 0 Å². The maximum atomic E-state index is 10.4. The lowest BCUT2D eigenvalue weighted by Crippen LogP contribution is -1.98. The molecule has 0 fully saturated rings. The molecule has 1 rings (SSSR count). The molecule has 0 aliphatic carbocycles. The summed E-state index contributed by atoms with van der Waals surface area (Å²) in [5.74, 6) is 0.495. The third-order valence-corrected chi connectivity index (χ3v) is 2.69. The van der Waals surface area contributed by atoms with Gasteiger partial charge < -0.3 is 9.84 Å². The second-order valence-corrected chi connectivity index (χ2v) is 3.96. The van der Waals surface area contributed by atoms with E-state index in [4.69, 9.17) is 9.84 Å². The van der Waals surface area contributed by atoms with Crippen molar-refractivity contribution in [3.05, 3.63) is 29.8 Å².